The number of ether oxygens (including phenoxy) is 2. The van der Waals surface area contributed by atoms with Crippen LogP contribution in [0.2, 0.25) is 10.0 Å². The first-order valence-corrected chi connectivity index (χ1v) is 14.4. The number of carbonyl (C=O) groups excluding carboxylic acids is 3. The van der Waals surface area contributed by atoms with Crippen LogP contribution in [0.1, 0.15) is 38.9 Å². The number of nitrogens with one attached hydrogen (secondary N) is 1. The summed E-state index contributed by atoms with van der Waals surface area (Å²) in [6.45, 7) is 6.71. The maximum Gasteiger partial charge on any atom is 0.258 e. The summed E-state index contributed by atoms with van der Waals surface area (Å²) >= 11 is 13.0. The number of morpholine rings is 1. The molecule has 0 radical (unpaired) electrons. The molecule has 11 heteroatoms. The van der Waals surface area contributed by atoms with Crippen LogP contribution in [-0.2, 0) is 16.1 Å². The molecule has 1 fully saturated rings. The average molecular weight is 622 g/mol. The number of aromatic nitrogens is 1. The van der Waals surface area contributed by atoms with E-state index >= 15 is 0 Å². The van der Waals surface area contributed by atoms with E-state index < -0.39 is 0 Å². The molecular formula is C32H30Cl2N4O5. The van der Waals surface area contributed by atoms with E-state index in [1.54, 1.807) is 43.4 Å². The monoisotopic (exact) mass is 620 g/mol. The number of carbonyl (C=O) groups is 3. The number of aryl methyl sites for hydroxylation is 1. The summed E-state index contributed by atoms with van der Waals surface area (Å²) in [5, 5.41) is 4.11. The molecule has 1 N–H and O–H groups in total. The molecule has 3 aromatic carbocycles. The maximum atomic E-state index is 11.8. The van der Waals surface area contributed by atoms with Gasteiger partial charge in [-0.15, -0.1) is 0 Å². The van der Waals surface area contributed by atoms with Gasteiger partial charge in [-0.1, -0.05) is 47.5 Å². The molecule has 1 aromatic heterocycles. The highest BCUT2D eigenvalue weighted by atomic mass is 35.5. The second kappa shape index (κ2) is 13.0. The smallest absolute Gasteiger partial charge is 0.258 e. The van der Waals surface area contributed by atoms with E-state index in [4.69, 9.17) is 37.7 Å². The highest BCUT2D eigenvalue weighted by Gasteiger charge is 2.25. The normalized spacial score (nSPS) is 14.1. The highest BCUT2D eigenvalue weighted by Crippen LogP contribution is 2.37. The maximum absolute atomic E-state index is 11.8. The number of benzene rings is 3. The van der Waals surface area contributed by atoms with Crippen molar-refractivity contribution in [3.63, 3.8) is 0 Å². The summed E-state index contributed by atoms with van der Waals surface area (Å²) in [7, 11) is 1.67. The van der Waals surface area contributed by atoms with Gasteiger partial charge in [0.1, 0.15) is 17.9 Å². The van der Waals surface area contributed by atoms with Gasteiger partial charge in [0.25, 0.3) is 11.8 Å². The minimum Gasteiger partial charge on any atom is -0.487 e. The van der Waals surface area contributed by atoms with E-state index in [9.17, 15) is 14.4 Å². The van der Waals surface area contributed by atoms with Crippen molar-refractivity contribution in [2.24, 2.45) is 0 Å². The number of fused-ring (bicyclic) bond motifs is 2. The van der Waals surface area contributed by atoms with E-state index in [1.165, 1.54) is 11.8 Å². The van der Waals surface area contributed by atoms with Crippen molar-refractivity contribution in [2.75, 3.05) is 43.2 Å². The van der Waals surface area contributed by atoms with Gasteiger partial charge in [0.15, 0.2) is 0 Å². The van der Waals surface area contributed by atoms with Gasteiger partial charge in [0.2, 0.25) is 5.91 Å². The van der Waals surface area contributed by atoms with Crippen molar-refractivity contribution in [2.45, 2.75) is 20.5 Å². The SMILES string of the molecule is CC(=O)N(C)c1ccc(Cl)c(COc2cccc3c(N4CCOCC4)cc(C)nc23)c1Cl.O=C1NC(=O)c2ccccc21. The molecule has 0 saturated carbocycles. The average Bonchev–Trinajstić information content (AvgIpc) is 3.30. The van der Waals surface area contributed by atoms with Crippen molar-refractivity contribution in [3.8, 4) is 5.75 Å². The van der Waals surface area contributed by atoms with E-state index in [2.05, 4.69) is 22.3 Å². The Kier molecular flexibility index (Phi) is 9.15. The molecule has 0 bridgehead atoms. The third-order valence-corrected chi connectivity index (χ3v) is 8.05. The van der Waals surface area contributed by atoms with Crippen molar-refractivity contribution in [3.05, 3.63) is 93.1 Å². The van der Waals surface area contributed by atoms with Crippen molar-refractivity contribution in [1.82, 2.24) is 10.3 Å². The molecule has 6 rings (SSSR count). The number of hydrogen-bond acceptors (Lipinski definition) is 7. The Hall–Kier alpha value is -4.18. The molecule has 4 aromatic rings. The van der Waals surface area contributed by atoms with Crippen LogP contribution in [-0.4, -0.2) is 56.1 Å². The lowest BCUT2D eigenvalue weighted by Gasteiger charge is -2.30. The van der Waals surface area contributed by atoms with Gasteiger partial charge < -0.3 is 19.3 Å². The fourth-order valence-corrected chi connectivity index (χ4v) is 5.53. The van der Waals surface area contributed by atoms with E-state index in [0.29, 0.717) is 51.4 Å². The molecule has 3 heterocycles. The number of para-hydroxylation sites is 1. The standard InChI is InChI=1S/C24H25Cl2N3O3.C8H5NO2/c1-15-13-21(29-9-11-31-12-10-29)17-5-4-6-22(24(17)27-15)32-14-18-19(25)7-8-20(23(18)26)28(3)16(2)30;10-7-5-3-1-2-4-6(5)8(11)9-7/h4-8,13H,9-12,14H2,1-3H3;1-4H,(H,9,10,11). The Morgan fingerprint density at radius 1 is 1.02 bits per heavy atom. The molecule has 222 valence electrons. The van der Waals surface area contributed by atoms with Crippen LogP contribution in [0.5, 0.6) is 5.75 Å². The van der Waals surface area contributed by atoms with Crippen molar-refractivity contribution < 1.29 is 23.9 Å². The van der Waals surface area contributed by atoms with Crippen molar-refractivity contribution >= 4 is 63.2 Å². The molecular weight excluding hydrogens is 591 g/mol. The van der Waals surface area contributed by atoms with Crippen LogP contribution >= 0.6 is 23.2 Å². The lowest BCUT2D eigenvalue weighted by atomic mass is 10.1. The van der Waals surface area contributed by atoms with Gasteiger partial charge in [-0.25, -0.2) is 4.98 Å². The van der Waals surface area contributed by atoms with Crippen LogP contribution < -0.4 is 19.9 Å². The second-order valence-corrected chi connectivity index (χ2v) is 10.9. The summed E-state index contributed by atoms with van der Waals surface area (Å²) in [4.78, 5) is 42.2. The van der Waals surface area contributed by atoms with E-state index in [1.807, 2.05) is 19.1 Å². The lowest BCUT2D eigenvalue weighted by molar-refractivity contribution is -0.116. The second-order valence-electron chi connectivity index (χ2n) is 10.1. The first kappa shape index (κ1) is 30.3. The van der Waals surface area contributed by atoms with Gasteiger partial charge >= 0.3 is 0 Å². The van der Waals surface area contributed by atoms with Gasteiger partial charge in [0.05, 0.1) is 35.1 Å². The zero-order valence-electron chi connectivity index (χ0n) is 23.9. The zero-order chi connectivity index (χ0) is 30.7. The number of imide groups is 1. The molecule has 1 saturated heterocycles. The van der Waals surface area contributed by atoms with E-state index in [-0.39, 0.29) is 24.3 Å². The fourth-order valence-electron chi connectivity index (χ4n) is 4.92. The summed E-state index contributed by atoms with van der Waals surface area (Å²) in [5.74, 6) is -0.0696. The number of amides is 3. The first-order valence-electron chi connectivity index (χ1n) is 13.7. The molecule has 9 nitrogen and oxygen atoms in total. The Labute approximate surface area is 259 Å². The summed E-state index contributed by atoms with van der Waals surface area (Å²) in [6.07, 6.45) is 0. The number of anilines is 2. The quantitative estimate of drug-likeness (QED) is 0.281. The summed E-state index contributed by atoms with van der Waals surface area (Å²) in [5.41, 5.74) is 4.98. The van der Waals surface area contributed by atoms with E-state index in [0.717, 1.165) is 35.4 Å². The number of halogens is 2. The van der Waals surface area contributed by atoms with Crippen LogP contribution in [0.25, 0.3) is 10.9 Å². The topological polar surface area (TPSA) is 101 Å². The number of nitrogens with zero attached hydrogens (tertiary/aromatic N) is 3. The highest BCUT2D eigenvalue weighted by molar-refractivity contribution is 6.38. The predicted molar refractivity (Wildman–Crippen MR) is 168 cm³/mol. The zero-order valence-corrected chi connectivity index (χ0v) is 25.5. The molecule has 0 aliphatic carbocycles. The van der Waals surface area contributed by atoms with Gasteiger partial charge in [-0.2, -0.15) is 0 Å². The number of hydrogen-bond donors (Lipinski definition) is 1. The van der Waals surface area contributed by atoms with Crippen LogP contribution in [0.3, 0.4) is 0 Å². The molecule has 0 unspecified atom stereocenters. The van der Waals surface area contributed by atoms with Crippen LogP contribution in [0.4, 0.5) is 11.4 Å². The van der Waals surface area contributed by atoms with Gasteiger partial charge in [-0.3, -0.25) is 19.7 Å². The van der Waals surface area contributed by atoms with Crippen molar-refractivity contribution in [1.29, 1.82) is 0 Å². The first-order chi connectivity index (χ1) is 20.7. The molecule has 0 spiro atoms. The Bertz CT molecular complexity index is 1690. The van der Waals surface area contributed by atoms with Gasteiger partial charge in [0, 0.05) is 54.4 Å². The predicted octanol–water partition coefficient (Wildman–Crippen LogP) is 5.82. The lowest BCUT2D eigenvalue weighted by Crippen LogP contribution is -2.36. The number of pyridine rings is 1. The Morgan fingerprint density at radius 2 is 1.70 bits per heavy atom. The summed E-state index contributed by atoms with van der Waals surface area (Å²) < 4.78 is 11.7. The van der Waals surface area contributed by atoms with Crippen LogP contribution in [0.15, 0.2) is 60.7 Å². The molecule has 2 aliphatic rings. The third kappa shape index (κ3) is 6.44. The molecule has 3 amide bonds. The minimum absolute atomic E-state index is 0.120. The molecule has 43 heavy (non-hydrogen) atoms. The summed E-state index contributed by atoms with van der Waals surface area (Å²) in [6, 6.07) is 18.2. The number of rotatable bonds is 5. The third-order valence-electron chi connectivity index (χ3n) is 7.28. The Balaban J connectivity index is 0.000000279. The Morgan fingerprint density at radius 3 is 2.35 bits per heavy atom. The largest absolute Gasteiger partial charge is 0.487 e. The van der Waals surface area contributed by atoms with Gasteiger partial charge in [-0.05, 0) is 43.3 Å². The molecule has 2 aliphatic heterocycles. The van der Waals surface area contributed by atoms with Crippen LogP contribution in [0, 0.1) is 6.92 Å². The fraction of sp³-hybridized carbons (Fsp3) is 0.250. The minimum atomic E-state index is -0.300. The molecule has 0 atom stereocenters.